The van der Waals surface area contributed by atoms with Gasteiger partial charge in [-0.1, -0.05) is 17.3 Å². The summed E-state index contributed by atoms with van der Waals surface area (Å²) in [5.74, 6) is 0.0226. The Balaban J connectivity index is 2.40. The van der Waals surface area contributed by atoms with Gasteiger partial charge in [-0.05, 0) is 12.1 Å². The largest absolute Gasteiger partial charge is 0.507 e. The molecular formula is C9H8FNO2. The van der Waals surface area contributed by atoms with E-state index in [1.807, 2.05) is 0 Å². The first kappa shape index (κ1) is 8.04. The quantitative estimate of drug-likeness (QED) is 0.712. The second kappa shape index (κ2) is 3.05. The summed E-state index contributed by atoms with van der Waals surface area (Å²) in [7, 11) is 0. The third-order valence-electron chi connectivity index (χ3n) is 1.86. The third kappa shape index (κ3) is 1.35. The molecule has 1 unspecified atom stereocenters. The lowest BCUT2D eigenvalue weighted by Crippen LogP contribution is -2.14. The number of alkyl halides is 1. The monoisotopic (exact) mass is 181 g/mol. The number of oxime groups is 1. The van der Waals surface area contributed by atoms with Crippen molar-refractivity contribution in [3.05, 3.63) is 29.8 Å². The van der Waals surface area contributed by atoms with Crippen LogP contribution in [0.2, 0.25) is 0 Å². The average molecular weight is 181 g/mol. The van der Waals surface area contributed by atoms with E-state index in [0.29, 0.717) is 5.56 Å². The van der Waals surface area contributed by atoms with Gasteiger partial charge in [-0.2, -0.15) is 0 Å². The van der Waals surface area contributed by atoms with Crippen LogP contribution in [0.5, 0.6) is 5.75 Å². The SMILES string of the molecule is Oc1ccccc1C1=NOCC1F. The molecule has 0 bridgehead atoms. The van der Waals surface area contributed by atoms with Crippen LogP contribution in [0.3, 0.4) is 0 Å². The first-order chi connectivity index (χ1) is 6.29. The molecule has 4 heteroatoms. The van der Waals surface area contributed by atoms with Crippen LogP contribution in [0.4, 0.5) is 4.39 Å². The molecule has 2 rings (SSSR count). The molecule has 0 saturated heterocycles. The fourth-order valence-corrected chi connectivity index (χ4v) is 1.22. The fourth-order valence-electron chi connectivity index (χ4n) is 1.22. The maximum atomic E-state index is 13.1. The van der Waals surface area contributed by atoms with Gasteiger partial charge in [0.1, 0.15) is 11.5 Å². The lowest BCUT2D eigenvalue weighted by Gasteiger charge is -2.03. The van der Waals surface area contributed by atoms with Crippen LogP contribution in [0, 0.1) is 0 Å². The summed E-state index contributed by atoms with van der Waals surface area (Å²) in [6.07, 6.45) is -1.24. The number of hydrogen-bond donors (Lipinski definition) is 1. The van der Waals surface area contributed by atoms with Crippen molar-refractivity contribution in [2.75, 3.05) is 6.61 Å². The van der Waals surface area contributed by atoms with E-state index in [-0.39, 0.29) is 18.1 Å². The minimum absolute atomic E-state index is 0.0226. The Kier molecular flexibility index (Phi) is 1.88. The highest BCUT2D eigenvalue weighted by Crippen LogP contribution is 2.22. The second-order valence-electron chi connectivity index (χ2n) is 2.76. The number of halogens is 1. The van der Waals surface area contributed by atoms with E-state index < -0.39 is 6.17 Å². The molecule has 0 saturated carbocycles. The summed E-state index contributed by atoms with van der Waals surface area (Å²) >= 11 is 0. The molecule has 0 amide bonds. The van der Waals surface area contributed by atoms with Crippen molar-refractivity contribution in [2.24, 2.45) is 5.16 Å². The smallest absolute Gasteiger partial charge is 0.182 e. The van der Waals surface area contributed by atoms with E-state index in [1.165, 1.54) is 6.07 Å². The van der Waals surface area contributed by atoms with Gasteiger partial charge in [0.25, 0.3) is 0 Å². The zero-order valence-corrected chi connectivity index (χ0v) is 6.77. The Labute approximate surface area is 74.4 Å². The van der Waals surface area contributed by atoms with Gasteiger partial charge >= 0.3 is 0 Å². The highest BCUT2D eigenvalue weighted by atomic mass is 19.1. The number of aromatic hydroxyl groups is 1. The topological polar surface area (TPSA) is 41.8 Å². The Morgan fingerprint density at radius 2 is 2.23 bits per heavy atom. The first-order valence-corrected chi connectivity index (χ1v) is 3.91. The Hall–Kier alpha value is -1.58. The van der Waals surface area contributed by atoms with Gasteiger partial charge in [0, 0.05) is 5.56 Å². The van der Waals surface area contributed by atoms with Crippen molar-refractivity contribution in [1.82, 2.24) is 0 Å². The van der Waals surface area contributed by atoms with Crippen LogP contribution in [0.25, 0.3) is 0 Å². The van der Waals surface area contributed by atoms with Gasteiger partial charge in [-0.15, -0.1) is 0 Å². The molecule has 0 aliphatic carbocycles. The first-order valence-electron chi connectivity index (χ1n) is 3.91. The second-order valence-corrected chi connectivity index (χ2v) is 2.76. The van der Waals surface area contributed by atoms with Crippen LogP contribution < -0.4 is 0 Å². The summed E-state index contributed by atoms with van der Waals surface area (Å²) in [4.78, 5) is 4.58. The predicted molar refractivity (Wildman–Crippen MR) is 45.5 cm³/mol. The molecule has 3 nitrogen and oxygen atoms in total. The van der Waals surface area contributed by atoms with Gasteiger partial charge in [-0.3, -0.25) is 0 Å². The van der Waals surface area contributed by atoms with Gasteiger partial charge < -0.3 is 9.94 Å². The van der Waals surface area contributed by atoms with Crippen molar-refractivity contribution < 1.29 is 14.3 Å². The molecule has 1 aromatic carbocycles. The number of nitrogens with zero attached hydrogens (tertiary/aromatic N) is 1. The molecule has 0 radical (unpaired) electrons. The van der Waals surface area contributed by atoms with E-state index in [9.17, 15) is 9.50 Å². The van der Waals surface area contributed by atoms with Crippen molar-refractivity contribution in [3.8, 4) is 5.75 Å². The van der Waals surface area contributed by atoms with Gasteiger partial charge in [-0.25, -0.2) is 4.39 Å². The zero-order chi connectivity index (χ0) is 9.26. The average Bonchev–Trinajstić information content (AvgIpc) is 2.52. The number of hydrogen-bond acceptors (Lipinski definition) is 3. The molecule has 68 valence electrons. The van der Waals surface area contributed by atoms with Crippen LogP contribution in [-0.4, -0.2) is 23.6 Å². The van der Waals surface area contributed by atoms with Crippen LogP contribution in [0.1, 0.15) is 5.56 Å². The number of para-hydroxylation sites is 1. The predicted octanol–water partition coefficient (Wildman–Crippen LogP) is 1.46. The minimum atomic E-state index is -1.24. The number of rotatable bonds is 1. The normalized spacial score (nSPS) is 21.0. The van der Waals surface area contributed by atoms with Crippen molar-refractivity contribution >= 4 is 5.71 Å². The van der Waals surface area contributed by atoms with Gasteiger partial charge in [0.2, 0.25) is 0 Å². The molecule has 0 fully saturated rings. The Bertz CT molecular complexity index is 351. The standard InChI is InChI=1S/C9H8FNO2/c10-7-5-13-11-9(7)6-3-1-2-4-8(6)12/h1-4,7,12H,5H2. The number of phenolic OH excluding ortho intramolecular Hbond substituents is 1. The summed E-state index contributed by atoms with van der Waals surface area (Å²) in [6.45, 7) is -0.0658. The maximum Gasteiger partial charge on any atom is 0.182 e. The lowest BCUT2D eigenvalue weighted by molar-refractivity contribution is 0.141. The minimum Gasteiger partial charge on any atom is -0.507 e. The van der Waals surface area contributed by atoms with Crippen LogP contribution in [0.15, 0.2) is 29.4 Å². The molecule has 1 aromatic rings. The molecule has 1 N–H and O–H groups in total. The van der Waals surface area contributed by atoms with Gasteiger partial charge in [0.05, 0.1) is 0 Å². The summed E-state index contributed by atoms with van der Waals surface area (Å²) in [5.41, 5.74) is 0.561. The number of benzene rings is 1. The summed E-state index contributed by atoms with van der Waals surface area (Å²) < 4.78 is 13.1. The van der Waals surface area contributed by atoms with Crippen molar-refractivity contribution in [2.45, 2.75) is 6.17 Å². The van der Waals surface area contributed by atoms with Crippen LogP contribution >= 0.6 is 0 Å². The molecule has 1 atom stereocenters. The molecule has 0 spiro atoms. The van der Waals surface area contributed by atoms with E-state index >= 15 is 0 Å². The van der Waals surface area contributed by atoms with Crippen molar-refractivity contribution in [3.63, 3.8) is 0 Å². The summed E-state index contributed by atoms with van der Waals surface area (Å²) in [6, 6.07) is 6.48. The zero-order valence-electron chi connectivity index (χ0n) is 6.77. The molecule has 13 heavy (non-hydrogen) atoms. The molecule has 0 aromatic heterocycles. The molecular weight excluding hydrogens is 173 g/mol. The lowest BCUT2D eigenvalue weighted by atomic mass is 10.1. The fraction of sp³-hybridized carbons (Fsp3) is 0.222. The highest BCUT2D eigenvalue weighted by Gasteiger charge is 2.25. The Morgan fingerprint density at radius 1 is 1.46 bits per heavy atom. The Morgan fingerprint density at radius 3 is 2.85 bits per heavy atom. The van der Waals surface area contributed by atoms with E-state index in [0.717, 1.165) is 0 Å². The molecule has 1 heterocycles. The molecule has 1 aliphatic heterocycles. The molecule has 1 aliphatic rings. The van der Waals surface area contributed by atoms with E-state index in [4.69, 9.17) is 0 Å². The van der Waals surface area contributed by atoms with Gasteiger partial charge in [0.15, 0.2) is 12.8 Å². The maximum absolute atomic E-state index is 13.1. The van der Waals surface area contributed by atoms with Crippen molar-refractivity contribution in [1.29, 1.82) is 0 Å². The third-order valence-corrected chi connectivity index (χ3v) is 1.86. The van der Waals surface area contributed by atoms with E-state index in [2.05, 4.69) is 9.99 Å². The van der Waals surface area contributed by atoms with Crippen LogP contribution in [-0.2, 0) is 4.84 Å². The highest BCUT2D eigenvalue weighted by molar-refractivity contribution is 6.06. The van der Waals surface area contributed by atoms with E-state index in [1.54, 1.807) is 18.2 Å². The summed E-state index contributed by atoms with van der Waals surface area (Å²) in [5, 5.41) is 12.9. The number of phenols is 1.